The normalized spacial score (nSPS) is 37.1. The molecule has 0 amide bonds. The van der Waals surface area contributed by atoms with Gasteiger partial charge in [-0.3, -0.25) is 0 Å². The van der Waals surface area contributed by atoms with Gasteiger partial charge in [0.1, 0.15) is 0 Å². The van der Waals surface area contributed by atoms with Crippen molar-refractivity contribution in [2.75, 3.05) is 6.61 Å². The SMILES string of the molecule is CCC[C@H](C)C1=CC[C@H]2[C@H](C)CCC[C@]12C.C[C@@H]1CCC[C@]2(C)C([C@@H](C)CCO)=CC[C@@H]12.O=C=O. The number of hydrogen-bond acceptors (Lipinski definition) is 3. The van der Waals surface area contributed by atoms with Crippen LogP contribution >= 0.6 is 0 Å². The first-order valence-corrected chi connectivity index (χ1v) is 14.6. The molecule has 200 valence electrons. The first kappa shape index (κ1) is 30.0. The van der Waals surface area contributed by atoms with Gasteiger partial charge in [-0.15, -0.1) is 0 Å². The Morgan fingerprint density at radius 3 is 1.66 bits per heavy atom. The molecule has 4 aliphatic rings. The predicted molar refractivity (Wildman–Crippen MR) is 145 cm³/mol. The Morgan fingerprint density at radius 1 is 0.886 bits per heavy atom. The molecule has 0 bridgehead atoms. The van der Waals surface area contributed by atoms with Gasteiger partial charge in [-0.2, -0.15) is 9.59 Å². The number of aliphatic hydroxyl groups is 1. The molecule has 1 N–H and O–H groups in total. The van der Waals surface area contributed by atoms with E-state index in [0.717, 1.165) is 36.0 Å². The Kier molecular flexibility index (Phi) is 11.5. The standard InChI is InChI=1S/C16H28.C15H26O.CO2/c1-5-7-12(2)14-9-10-15-13(3)8-6-11-16(14,15)4;1-11-5-4-9-15(3)13(11)6-7-14(15)12(2)8-10-16;2-1-3/h9,12-13,15H,5-8,10-11H2,1-4H3;7,11-13,16H,4-6,8-10H2,1-3H3;/t12-,13+,15-,16+;11-,12+,13+,15+;/m01./s1. The molecule has 0 radical (unpaired) electrons. The van der Waals surface area contributed by atoms with Crippen LogP contribution in [-0.4, -0.2) is 17.9 Å². The zero-order chi connectivity index (χ0) is 26.2. The van der Waals surface area contributed by atoms with Crippen LogP contribution in [0.15, 0.2) is 23.3 Å². The summed E-state index contributed by atoms with van der Waals surface area (Å²) in [5.74, 6) is 5.05. The summed E-state index contributed by atoms with van der Waals surface area (Å²) in [5.41, 5.74) is 4.47. The van der Waals surface area contributed by atoms with Gasteiger partial charge in [0.25, 0.3) is 0 Å². The van der Waals surface area contributed by atoms with Crippen LogP contribution in [0.1, 0.15) is 119 Å². The van der Waals surface area contributed by atoms with Crippen molar-refractivity contribution < 1.29 is 14.7 Å². The molecule has 0 unspecified atom stereocenters. The number of fused-ring (bicyclic) bond motifs is 2. The largest absolute Gasteiger partial charge is 0.396 e. The van der Waals surface area contributed by atoms with Crippen LogP contribution in [0, 0.1) is 46.3 Å². The molecule has 0 heterocycles. The Labute approximate surface area is 216 Å². The monoisotopic (exact) mass is 486 g/mol. The fourth-order valence-electron chi connectivity index (χ4n) is 8.75. The van der Waals surface area contributed by atoms with E-state index in [4.69, 9.17) is 14.7 Å². The first-order valence-electron chi connectivity index (χ1n) is 14.6. The average Bonchev–Trinajstić information content (AvgIpc) is 3.34. The highest BCUT2D eigenvalue weighted by molar-refractivity contribution is 5.26. The van der Waals surface area contributed by atoms with Gasteiger partial charge in [-0.25, -0.2) is 0 Å². The third kappa shape index (κ3) is 6.58. The van der Waals surface area contributed by atoms with Crippen LogP contribution in [0.2, 0.25) is 0 Å². The molecule has 4 aliphatic carbocycles. The molecule has 3 nitrogen and oxygen atoms in total. The van der Waals surface area contributed by atoms with Gasteiger partial charge in [-0.1, -0.05) is 104 Å². The lowest BCUT2D eigenvalue weighted by Crippen LogP contribution is -2.35. The lowest BCUT2D eigenvalue weighted by atomic mass is 9.60. The molecular weight excluding hydrogens is 432 g/mol. The second-order valence-electron chi connectivity index (χ2n) is 12.8. The fraction of sp³-hybridized carbons (Fsp3) is 0.844. The van der Waals surface area contributed by atoms with Crippen LogP contribution in [0.5, 0.6) is 0 Å². The summed E-state index contributed by atoms with van der Waals surface area (Å²) in [5, 5.41) is 9.10. The predicted octanol–water partition coefficient (Wildman–Crippen LogP) is 8.39. The molecule has 8 atom stereocenters. The summed E-state index contributed by atoms with van der Waals surface area (Å²) >= 11 is 0. The van der Waals surface area contributed by atoms with E-state index in [1.54, 1.807) is 5.57 Å². The van der Waals surface area contributed by atoms with Gasteiger partial charge >= 0.3 is 6.15 Å². The van der Waals surface area contributed by atoms with E-state index in [2.05, 4.69) is 60.6 Å². The van der Waals surface area contributed by atoms with Crippen molar-refractivity contribution in [3.63, 3.8) is 0 Å². The number of hydrogen-bond donors (Lipinski definition) is 1. The first-order chi connectivity index (χ1) is 16.6. The van der Waals surface area contributed by atoms with Crippen molar-refractivity contribution in [2.24, 2.45) is 46.3 Å². The highest BCUT2D eigenvalue weighted by atomic mass is 16.3. The third-order valence-electron chi connectivity index (χ3n) is 10.6. The molecule has 2 fully saturated rings. The molecule has 3 heteroatoms. The number of allylic oxidation sites excluding steroid dienone is 4. The molecule has 0 aromatic heterocycles. The van der Waals surface area contributed by atoms with E-state index in [1.807, 2.05) is 5.57 Å². The minimum Gasteiger partial charge on any atom is -0.396 e. The van der Waals surface area contributed by atoms with Gasteiger partial charge in [0.05, 0.1) is 0 Å². The van der Waals surface area contributed by atoms with Gasteiger partial charge in [0.2, 0.25) is 0 Å². The van der Waals surface area contributed by atoms with E-state index in [0.29, 0.717) is 23.4 Å². The van der Waals surface area contributed by atoms with Gasteiger partial charge in [-0.05, 0) is 84.9 Å². The van der Waals surface area contributed by atoms with Gasteiger partial charge < -0.3 is 5.11 Å². The van der Waals surface area contributed by atoms with Crippen LogP contribution in [0.25, 0.3) is 0 Å². The lowest BCUT2D eigenvalue weighted by molar-refractivity contribution is -0.191. The minimum atomic E-state index is 0.250. The Balaban J connectivity index is 0.000000222. The number of rotatable bonds is 6. The average molecular weight is 487 g/mol. The summed E-state index contributed by atoms with van der Waals surface area (Å²) in [7, 11) is 0. The summed E-state index contributed by atoms with van der Waals surface area (Å²) in [6.07, 6.45) is 20.1. The fourth-order valence-corrected chi connectivity index (χ4v) is 8.75. The van der Waals surface area contributed by atoms with Crippen LogP contribution in [-0.2, 0) is 9.59 Å². The summed E-state index contributed by atoms with van der Waals surface area (Å²) in [4.78, 5) is 16.2. The van der Waals surface area contributed by atoms with Crippen molar-refractivity contribution in [1.29, 1.82) is 0 Å². The summed E-state index contributed by atoms with van der Waals surface area (Å²) < 4.78 is 0. The maximum atomic E-state index is 9.10. The zero-order valence-electron chi connectivity index (χ0n) is 23.9. The van der Waals surface area contributed by atoms with E-state index >= 15 is 0 Å². The van der Waals surface area contributed by atoms with Crippen LogP contribution in [0.4, 0.5) is 0 Å². The van der Waals surface area contributed by atoms with E-state index in [9.17, 15) is 0 Å². The summed E-state index contributed by atoms with van der Waals surface area (Å²) in [6.45, 7) is 17.3. The van der Waals surface area contributed by atoms with Crippen molar-refractivity contribution in [3.05, 3.63) is 23.3 Å². The molecule has 0 aromatic rings. The van der Waals surface area contributed by atoms with Crippen molar-refractivity contribution in [2.45, 2.75) is 119 Å². The summed E-state index contributed by atoms with van der Waals surface area (Å²) in [6, 6.07) is 0. The molecular formula is C32H54O3. The molecule has 0 aromatic carbocycles. The third-order valence-corrected chi connectivity index (χ3v) is 10.6. The Hall–Kier alpha value is -1.18. The molecule has 0 aliphatic heterocycles. The van der Waals surface area contributed by atoms with Crippen LogP contribution in [0.3, 0.4) is 0 Å². The van der Waals surface area contributed by atoms with Gasteiger partial charge in [0.15, 0.2) is 0 Å². The van der Waals surface area contributed by atoms with E-state index < -0.39 is 0 Å². The number of carbonyl (C=O) groups excluding carboxylic acids is 2. The minimum absolute atomic E-state index is 0.250. The van der Waals surface area contributed by atoms with Gasteiger partial charge in [0, 0.05) is 6.61 Å². The molecule has 2 saturated carbocycles. The van der Waals surface area contributed by atoms with Crippen molar-refractivity contribution in [1.82, 2.24) is 0 Å². The maximum Gasteiger partial charge on any atom is 0.373 e. The number of aliphatic hydroxyl groups excluding tert-OH is 1. The molecule has 0 saturated heterocycles. The van der Waals surface area contributed by atoms with Crippen molar-refractivity contribution in [3.8, 4) is 0 Å². The zero-order valence-corrected chi connectivity index (χ0v) is 23.9. The lowest BCUT2D eigenvalue weighted by Gasteiger charge is -2.44. The smallest absolute Gasteiger partial charge is 0.373 e. The second kappa shape index (κ2) is 13.4. The highest BCUT2D eigenvalue weighted by Crippen LogP contribution is 2.58. The van der Waals surface area contributed by atoms with Crippen LogP contribution < -0.4 is 0 Å². The Morgan fingerprint density at radius 2 is 1.29 bits per heavy atom. The Bertz CT molecular complexity index is 703. The van der Waals surface area contributed by atoms with E-state index in [-0.39, 0.29) is 6.15 Å². The van der Waals surface area contributed by atoms with E-state index in [1.165, 1.54) is 64.2 Å². The maximum absolute atomic E-state index is 9.10. The molecule has 4 rings (SSSR count). The van der Waals surface area contributed by atoms with Crippen molar-refractivity contribution >= 4 is 6.15 Å². The second-order valence-corrected chi connectivity index (χ2v) is 12.8. The topological polar surface area (TPSA) is 54.4 Å². The molecule has 0 spiro atoms. The highest BCUT2D eigenvalue weighted by Gasteiger charge is 2.47. The quantitative estimate of drug-likeness (QED) is 0.383. The molecule has 35 heavy (non-hydrogen) atoms.